The molecular weight excluding hydrogens is 891 g/mol. The largest absolute Gasteiger partial charge is 0.493 e. The van der Waals surface area contributed by atoms with Crippen LogP contribution in [0.15, 0.2) is 104 Å². The van der Waals surface area contributed by atoms with Gasteiger partial charge in [-0.25, -0.2) is 14.4 Å². The molecule has 4 atom stereocenters. The number of likely N-dealkylation sites (tertiary alicyclic amines) is 3. The minimum absolute atomic E-state index is 0.0324. The van der Waals surface area contributed by atoms with Crippen molar-refractivity contribution in [1.82, 2.24) is 35.0 Å². The van der Waals surface area contributed by atoms with Crippen LogP contribution in [0.2, 0.25) is 0 Å². The van der Waals surface area contributed by atoms with Crippen molar-refractivity contribution in [1.29, 1.82) is 0 Å². The van der Waals surface area contributed by atoms with Gasteiger partial charge >= 0.3 is 23.9 Å². The fourth-order valence-corrected chi connectivity index (χ4v) is 8.17. The van der Waals surface area contributed by atoms with E-state index in [0.717, 1.165) is 44.2 Å². The van der Waals surface area contributed by atoms with Crippen LogP contribution in [-0.2, 0) is 35.1 Å². The topological polar surface area (TPSA) is 237 Å². The van der Waals surface area contributed by atoms with Gasteiger partial charge in [0, 0.05) is 56.8 Å². The lowest BCUT2D eigenvalue weighted by atomic mass is 10.1. The number of hydrogen-bond donors (Lipinski definition) is 2. The van der Waals surface area contributed by atoms with Gasteiger partial charge in [-0.1, -0.05) is 12.1 Å². The Morgan fingerprint density at radius 3 is 1.52 bits per heavy atom. The van der Waals surface area contributed by atoms with Gasteiger partial charge in [0.1, 0.15) is 24.2 Å². The van der Waals surface area contributed by atoms with Crippen molar-refractivity contribution in [3.05, 3.63) is 127 Å². The SMILES string of the molecule is C=CCc1ccc(OC(=O)C2CCCN2C(=O)c2cccnc2)c(OC)c1.COC(=O)C1CCCN1.COC(=O)C1CCCN1C(=O)c1cccnc1.O=C(O)C1CCCN1C(=O)c1cccnc1. The Balaban J connectivity index is 0.000000183. The Labute approximate surface area is 400 Å². The molecule has 4 saturated heterocycles. The summed E-state index contributed by atoms with van der Waals surface area (Å²) in [4.78, 5) is 99.0. The smallest absolute Gasteiger partial charge is 0.334 e. The van der Waals surface area contributed by atoms with E-state index in [9.17, 15) is 33.6 Å². The molecule has 4 aliphatic heterocycles. The highest BCUT2D eigenvalue weighted by Crippen LogP contribution is 2.31. The van der Waals surface area contributed by atoms with E-state index in [1.807, 2.05) is 12.1 Å². The number of hydrogen-bond acceptors (Lipinski definition) is 15. The highest BCUT2D eigenvalue weighted by atomic mass is 16.6. The fraction of sp³-hybridized carbons (Fsp3) is 0.400. The number of aromatic nitrogens is 3. The van der Waals surface area contributed by atoms with E-state index in [-0.39, 0.29) is 35.7 Å². The van der Waals surface area contributed by atoms with Gasteiger partial charge < -0.3 is 44.1 Å². The Morgan fingerprint density at radius 2 is 1.12 bits per heavy atom. The number of allylic oxidation sites excluding steroid dienone is 1. The lowest BCUT2D eigenvalue weighted by Crippen LogP contribution is -2.42. The first-order chi connectivity index (χ1) is 33.4. The molecule has 7 heterocycles. The highest BCUT2D eigenvalue weighted by molar-refractivity contribution is 5.98. The van der Waals surface area contributed by atoms with Crippen LogP contribution < -0.4 is 14.8 Å². The maximum absolute atomic E-state index is 12.7. The fourth-order valence-electron chi connectivity index (χ4n) is 8.17. The molecule has 3 aromatic heterocycles. The van der Waals surface area contributed by atoms with E-state index in [1.165, 1.54) is 44.8 Å². The third-order valence-corrected chi connectivity index (χ3v) is 11.7. The zero-order chi connectivity index (χ0) is 49.7. The number of rotatable bonds is 11. The molecule has 0 saturated carbocycles. The van der Waals surface area contributed by atoms with Crippen LogP contribution in [0.5, 0.6) is 11.5 Å². The molecule has 19 nitrogen and oxygen atoms in total. The Bertz CT molecular complexity index is 2370. The van der Waals surface area contributed by atoms with Gasteiger partial charge in [0.15, 0.2) is 11.5 Å². The second kappa shape index (κ2) is 26.7. The standard InChI is InChI=1S/C21H22N2O4.C12H14N2O3.C11H12N2O3.C6H11NO2/c1-3-6-15-9-10-18(19(13-15)26-2)27-21(25)17-8-5-12-23(17)20(24)16-7-4-11-22-14-16;1-17-12(16)10-5-3-7-14(10)11(15)9-4-2-6-13-8-9;14-10(8-3-1-5-12-7-8)13-6-2-4-9(13)11(15)16;1-9-6(8)5-3-2-4-7-5/h3-4,7,9-11,13-14,17H,1,5-6,8,12H2,2H3;2,4,6,8,10H,3,5,7H2,1H3;1,3,5,7,9H,2,4,6H2,(H,15,16);5,7H,2-4H2,1H3. The minimum Gasteiger partial charge on any atom is -0.493 e. The predicted octanol–water partition coefficient (Wildman–Crippen LogP) is 4.57. The van der Waals surface area contributed by atoms with E-state index in [2.05, 4.69) is 31.6 Å². The molecule has 2 N–H and O–H groups in total. The van der Waals surface area contributed by atoms with Gasteiger partial charge in [0.05, 0.1) is 38.0 Å². The van der Waals surface area contributed by atoms with Gasteiger partial charge in [-0.3, -0.25) is 34.1 Å². The molecule has 19 heteroatoms. The number of carboxylic acids is 1. The van der Waals surface area contributed by atoms with E-state index < -0.39 is 30.1 Å². The van der Waals surface area contributed by atoms with Crippen LogP contribution in [0.3, 0.4) is 0 Å². The third kappa shape index (κ3) is 14.5. The maximum atomic E-state index is 12.7. The van der Waals surface area contributed by atoms with E-state index in [1.54, 1.807) is 76.9 Å². The third-order valence-electron chi connectivity index (χ3n) is 11.7. The number of esters is 3. The van der Waals surface area contributed by atoms with Crippen molar-refractivity contribution >= 4 is 41.6 Å². The number of carboxylic acid groups (broad SMARTS) is 1. The van der Waals surface area contributed by atoms with E-state index in [0.29, 0.717) is 73.5 Å². The molecule has 0 aliphatic carbocycles. The lowest BCUT2D eigenvalue weighted by molar-refractivity contribution is -0.145. The van der Waals surface area contributed by atoms with Gasteiger partial charge in [-0.05, 0) is 118 Å². The summed E-state index contributed by atoms with van der Waals surface area (Å²) in [5, 5.41) is 12.0. The summed E-state index contributed by atoms with van der Waals surface area (Å²) in [5.74, 6) is -1.68. The Hall–Kier alpha value is -7.54. The minimum atomic E-state index is -0.935. The molecule has 366 valence electrons. The summed E-state index contributed by atoms with van der Waals surface area (Å²) in [6.07, 6.45) is 17.8. The maximum Gasteiger partial charge on any atom is 0.334 e. The van der Waals surface area contributed by atoms with Crippen molar-refractivity contribution in [2.45, 2.75) is 82.0 Å². The monoisotopic (exact) mass is 949 g/mol. The molecule has 4 aliphatic rings. The summed E-state index contributed by atoms with van der Waals surface area (Å²) in [6.45, 7) is 6.27. The predicted molar refractivity (Wildman–Crippen MR) is 250 cm³/mol. The van der Waals surface area contributed by atoms with Crippen LogP contribution >= 0.6 is 0 Å². The number of nitrogens with zero attached hydrogens (tertiary/aromatic N) is 6. The van der Waals surface area contributed by atoms with Crippen LogP contribution in [0.4, 0.5) is 0 Å². The van der Waals surface area contributed by atoms with Crippen LogP contribution in [0.1, 0.15) is 88.0 Å². The zero-order valence-electron chi connectivity index (χ0n) is 39.1. The van der Waals surface area contributed by atoms with Crippen molar-refractivity contribution < 1.29 is 57.6 Å². The van der Waals surface area contributed by atoms with Gasteiger partial charge in [0.2, 0.25) is 0 Å². The van der Waals surface area contributed by atoms with Crippen molar-refractivity contribution in [3.63, 3.8) is 0 Å². The van der Waals surface area contributed by atoms with Crippen molar-refractivity contribution in [3.8, 4) is 11.5 Å². The molecule has 69 heavy (non-hydrogen) atoms. The van der Waals surface area contributed by atoms with Crippen molar-refractivity contribution in [2.75, 3.05) is 47.5 Å². The number of nitrogens with one attached hydrogen (secondary N) is 1. The quantitative estimate of drug-likeness (QED) is 0.119. The van der Waals surface area contributed by atoms with Gasteiger partial charge in [0.25, 0.3) is 17.7 Å². The van der Waals surface area contributed by atoms with E-state index >= 15 is 0 Å². The molecule has 0 spiro atoms. The molecular formula is C50H59N7O12. The number of pyridine rings is 3. The van der Waals surface area contributed by atoms with Crippen LogP contribution in [-0.4, -0.2) is 148 Å². The second-order valence-electron chi connectivity index (χ2n) is 16.1. The molecule has 4 fully saturated rings. The van der Waals surface area contributed by atoms with E-state index in [4.69, 9.17) is 19.3 Å². The summed E-state index contributed by atoms with van der Waals surface area (Å²) in [6, 6.07) is 13.7. The first-order valence-electron chi connectivity index (χ1n) is 22.7. The zero-order valence-corrected chi connectivity index (χ0v) is 39.1. The molecule has 1 aromatic carbocycles. The molecule has 3 amide bonds. The number of ether oxygens (including phenoxy) is 4. The Morgan fingerprint density at radius 1 is 0.638 bits per heavy atom. The van der Waals surface area contributed by atoms with Gasteiger partial charge in [-0.2, -0.15) is 0 Å². The first-order valence-corrected chi connectivity index (χ1v) is 22.7. The summed E-state index contributed by atoms with van der Waals surface area (Å²) in [7, 11) is 4.29. The molecule has 4 aromatic rings. The summed E-state index contributed by atoms with van der Waals surface area (Å²) >= 11 is 0. The van der Waals surface area contributed by atoms with Crippen LogP contribution in [0, 0.1) is 0 Å². The lowest BCUT2D eigenvalue weighted by Gasteiger charge is -2.23. The molecule has 8 rings (SSSR count). The number of methoxy groups -OCH3 is 3. The molecule has 0 radical (unpaired) electrons. The second-order valence-corrected chi connectivity index (χ2v) is 16.1. The van der Waals surface area contributed by atoms with Crippen molar-refractivity contribution in [2.24, 2.45) is 0 Å². The first kappa shape index (κ1) is 52.4. The number of aliphatic carboxylic acids is 1. The number of carbonyl (C=O) groups is 7. The van der Waals surface area contributed by atoms with Crippen LogP contribution in [0.25, 0.3) is 0 Å². The summed E-state index contributed by atoms with van der Waals surface area (Å²) < 4.78 is 20.1. The summed E-state index contributed by atoms with van der Waals surface area (Å²) in [5.41, 5.74) is 2.42. The van der Waals surface area contributed by atoms with Gasteiger partial charge in [-0.15, -0.1) is 6.58 Å². The molecule has 4 unspecified atom stereocenters. The normalized spacial score (nSPS) is 19.0. The average Bonchev–Trinajstić information content (AvgIpc) is 4.26. The number of carbonyl (C=O) groups excluding carboxylic acids is 6. The highest BCUT2D eigenvalue weighted by Gasteiger charge is 2.38. The molecule has 0 bridgehead atoms. The number of amides is 3. The average molecular weight is 950 g/mol. The number of benzene rings is 1. The Kier molecular flexibility index (Phi) is 20.3.